The number of rotatable bonds is 3. The number of benzene rings is 2. The Kier molecular flexibility index (Phi) is 4.00. The molecule has 0 spiro atoms. The van der Waals surface area contributed by atoms with Crippen molar-refractivity contribution in [3.8, 4) is 11.1 Å². The molecular formula is C24H23N3O3. The van der Waals surface area contributed by atoms with Gasteiger partial charge in [-0.2, -0.15) is 0 Å². The molecule has 3 heterocycles. The van der Waals surface area contributed by atoms with E-state index < -0.39 is 0 Å². The van der Waals surface area contributed by atoms with Gasteiger partial charge in [0, 0.05) is 23.1 Å². The highest BCUT2D eigenvalue weighted by Crippen LogP contribution is 2.38. The van der Waals surface area contributed by atoms with Gasteiger partial charge in [-0.25, -0.2) is 0 Å². The molecule has 2 N–H and O–H groups in total. The minimum atomic E-state index is -0.176. The van der Waals surface area contributed by atoms with Crippen molar-refractivity contribution in [1.29, 1.82) is 0 Å². The van der Waals surface area contributed by atoms with Crippen LogP contribution in [0.1, 0.15) is 45.2 Å². The molecule has 30 heavy (non-hydrogen) atoms. The van der Waals surface area contributed by atoms with Crippen LogP contribution in [-0.4, -0.2) is 14.8 Å². The molecule has 152 valence electrons. The number of hydrogen-bond acceptors (Lipinski definition) is 3. The van der Waals surface area contributed by atoms with Crippen molar-refractivity contribution < 1.29 is 4.42 Å². The van der Waals surface area contributed by atoms with Crippen molar-refractivity contribution in [2.45, 2.75) is 39.7 Å². The first-order valence-corrected chi connectivity index (χ1v) is 10.2. The summed E-state index contributed by atoms with van der Waals surface area (Å²) in [5, 5.41) is 4.32. The van der Waals surface area contributed by atoms with Gasteiger partial charge in [0.25, 0.3) is 5.56 Å². The Morgan fingerprint density at radius 2 is 1.70 bits per heavy atom. The topological polar surface area (TPSA) is 83.8 Å². The van der Waals surface area contributed by atoms with Crippen LogP contribution in [0.3, 0.4) is 0 Å². The standard InChI is InChI=1S/C24H23N3O3/c1-12(2)14-5-7-15(8-6-14)19-20-23(27(13(3)4)26-24(20)29)25-21-17-10-9-16(28)11-18(17)30-22(19)21/h5-13,25H,1-4H3,(H,26,29). The second-order valence-corrected chi connectivity index (χ2v) is 8.37. The van der Waals surface area contributed by atoms with Gasteiger partial charge in [-0.15, -0.1) is 0 Å². The third kappa shape index (κ3) is 2.64. The van der Waals surface area contributed by atoms with Crippen molar-refractivity contribution in [2.75, 3.05) is 0 Å². The Labute approximate surface area is 172 Å². The lowest BCUT2D eigenvalue weighted by Crippen LogP contribution is -2.07. The number of H-pyrrole nitrogens is 2. The summed E-state index contributed by atoms with van der Waals surface area (Å²) in [6.45, 7) is 8.33. The summed E-state index contributed by atoms with van der Waals surface area (Å²) in [5.41, 5.74) is 5.14. The third-order valence-electron chi connectivity index (χ3n) is 5.69. The van der Waals surface area contributed by atoms with Crippen LogP contribution in [0.2, 0.25) is 0 Å². The number of nitrogens with zero attached hydrogens (tertiary/aromatic N) is 1. The highest BCUT2D eigenvalue weighted by molar-refractivity contribution is 6.14. The van der Waals surface area contributed by atoms with E-state index in [-0.39, 0.29) is 17.0 Å². The highest BCUT2D eigenvalue weighted by Gasteiger charge is 2.22. The summed E-state index contributed by atoms with van der Waals surface area (Å²) >= 11 is 0. The number of furan rings is 1. The summed E-state index contributed by atoms with van der Waals surface area (Å²) in [4.78, 5) is 28.3. The Morgan fingerprint density at radius 1 is 0.967 bits per heavy atom. The molecule has 0 saturated carbocycles. The molecule has 0 aliphatic rings. The van der Waals surface area contributed by atoms with Gasteiger partial charge in [-0.3, -0.25) is 19.4 Å². The Morgan fingerprint density at radius 3 is 2.37 bits per heavy atom. The van der Waals surface area contributed by atoms with Gasteiger partial charge in [0.2, 0.25) is 0 Å². The van der Waals surface area contributed by atoms with E-state index in [1.54, 1.807) is 6.07 Å². The van der Waals surface area contributed by atoms with Gasteiger partial charge in [0.05, 0.1) is 10.9 Å². The maximum atomic E-state index is 13.0. The van der Waals surface area contributed by atoms with E-state index in [0.717, 1.165) is 22.0 Å². The first-order chi connectivity index (χ1) is 14.3. The van der Waals surface area contributed by atoms with Gasteiger partial charge in [-0.05, 0) is 43.0 Å². The largest absolute Gasteiger partial charge is 0.454 e. The number of aromatic nitrogens is 3. The van der Waals surface area contributed by atoms with Crippen LogP contribution in [0.5, 0.6) is 0 Å². The van der Waals surface area contributed by atoms with E-state index in [1.165, 1.54) is 17.7 Å². The van der Waals surface area contributed by atoms with Gasteiger partial charge in [-0.1, -0.05) is 38.1 Å². The SMILES string of the molecule is CC(C)c1ccc(-c2c3oc4cc(=O)ccc4c3[nH]c3c2c(=O)[nH]n3C(C)C)cc1. The monoisotopic (exact) mass is 401 g/mol. The molecule has 0 radical (unpaired) electrons. The Bertz CT molecular complexity index is 1530. The molecule has 5 aromatic rings. The smallest absolute Gasteiger partial charge is 0.274 e. The maximum absolute atomic E-state index is 13.0. The van der Waals surface area contributed by atoms with Gasteiger partial charge >= 0.3 is 0 Å². The van der Waals surface area contributed by atoms with Crippen LogP contribution in [0, 0.1) is 0 Å². The quantitative estimate of drug-likeness (QED) is 0.431. The average Bonchev–Trinajstić information content (AvgIpc) is 3.23. The summed E-state index contributed by atoms with van der Waals surface area (Å²) < 4.78 is 7.97. The molecule has 0 aliphatic carbocycles. The fraction of sp³-hybridized carbons (Fsp3) is 0.250. The maximum Gasteiger partial charge on any atom is 0.274 e. The van der Waals surface area contributed by atoms with Gasteiger partial charge < -0.3 is 9.40 Å². The van der Waals surface area contributed by atoms with Crippen molar-refractivity contribution in [3.05, 3.63) is 68.6 Å². The van der Waals surface area contributed by atoms with E-state index in [0.29, 0.717) is 28.1 Å². The van der Waals surface area contributed by atoms with E-state index in [4.69, 9.17) is 4.42 Å². The minimum absolute atomic E-state index is 0.0616. The van der Waals surface area contributed by atoms with Crippen LogP contribution < -0.4 is 11.0 Å². The van der Waals surface area contributed by atoms with E-state index in [1.807, 2.05) is 30.7 Å². The molecule has 5 rings (SSSR count). The molecule has 2 aromatic carbocycles. The van der Waals surface area contributed by atoms with Crippen LogP contribution >= 0.6 is 0 Å². The molecule has 6 nitrogen and oxygen atoms in total. The van der Waals surface area contributed by atoms with E-state index in [9.17, 15) is 9.59 Å². The fourth-order valence-electron chi connectivity index (χ4n) is 4.11. The van der Waals surface area contributed by atoms with Crippen LogP contribution in [0.15, 0.2) is 56.5 Å². The van der Waals surface area contributed by atoms with E-state index >= 15 is 0 Å². The van der Waals surface area contributed by atoms with Gasteiger partial charge in [0.1, 0.15) is 11.2 Å². The first-order valence-electron chi connectivity index (χ1n) is 10.2. The predicted octanol–water partition coefficient (Wildman–Crippen LogP) is 5.29. The Balaban J connectivity index is 1.97. The molecule has 0 atom stereocenters. The lowest BCUT2D eigenvalue weighted by Gasteiger charge is -2.11. The molecule has 0 aliphatic heterocycles. The summed E-state index contributed by atoms with van der Waals surface area (Å²) in [6.07, 6.45) is 0. The number of fused-ring (bicyclic) bond motifs is 4. The molecule has 0 bridgehead atoms. The van der Waals surface area contributed by atoms with Crippen LogP contribution in [-0.2, 0) is 0 Å². The predicted molar refractivity (Wildman–Crippen MR) is 120 cm³/mol. The van der Waals surface area contributed by atoms with Crippen LogP contribution in [0.4, 0.5) is 0 Å². The zero-order valence-corrected chi connectivity index (χ0v) is 17.4. The molecular weight excluding hydrogens is 378 g/mol. The zero-order chi connectivity index (χ0) is 21.2. The average molecular weight is 401 g/mol. The number of aromatic amines is 2. The fourth-order valence-corrected chi connectivity index (χ4v) is 4.11. The van der Waals surface area contributed by atoms with Crippen LogP contribution in [0.25, 0.3) is 44.2 Å². The van der Waals surface area contributed by atoms with Crippen molar-refractivity contribution in [3.63, 3.8) is 0 Å². The third-order valence-corrected chi connectivity index (χ3v) is 5.69. The summed E-state index contributed by atoms with van der Waals surface area (Å²) in [6, 6.07) is 13.1. The Hall–Kier alpha value is -3.54. The molecule has 0 unspecified atom stereocenters. The lowest BCUT2D eigenvalue weighted by atomic mass is 9.97. The molecule has 6 heteroatoms. The molecule has 0 saturated heterocycles. The number of nitrogens with one attached hydrogen (secondary N) is 2. The summed E-state index contributed by atoms with van der Waals surface area (Å²) in [5.74, 6) is 0.412. The zero-order valence-electron chi connectivity index (χ0n) is 17.4. The van der Waals surface area contributed by atoms with Gasteiger partial charge in [0.15, 0.2) is 11.0 Å². The molecule has 3 aromatic heterocycles. The highest BCUT2D eigenvalue weighted by atomic mass is 16.3. The number of hydrogen-bond donors (Lipinski definition) is 2. The minimum Gasteiger partial charge on any atom is -0.454 e. The van der Waals surface area contributed by atoms with Crippen molar-refractivity contribution in [1.82, 2.24) is 14.8 Å². The van der Waals surface area contributed by atoms with E-state index in [2.05, 4.69) is 36.1 Å². The molecule has 0 amide bonds. The first kappa shape index (κ1) is 18.5. The molecule has 0 fully saturated rings. The number of pyridine rings is 1. The van der Waals surface area contributed by atoms with Crippen molar-refractivity contribution in [2.24, 2.45) is 0 Å². The normalized spacial score (nSPS) is 12.2. The van der Waals surface area contributed by atoms with Crippen molar-refractivity contribution >= 4 is 33.1 Å². The second kappa shape index (κ2) is 6.49. The lowest BCUT2D eigenvalue weighted by molar-refractivity contribution is 0.542. The second-order valence-electron chi connectivity index (χ2n) is 8.37. The summed E-state index contributed by atoms with van der Waals surface area (Å²) in [7, 11) is 0.